The van der Waals surface area contributed by atoms with Crippen LogP contribution in [0.1, 0.15) is 10.4 Å². The number of nitrogens with one attached hydrogen (secondary N) is 1. The Morgan fingerprint density at radius 1 is 1.35 bits per heavy atom. The Labute approximate surface area is 124 Å². The average molecular weight is 359 g/mol. The highest BCUT2D eigenvalue weighted by Gasteiger charge is 2.17. The normalized spacial score (nSPS) is 11.3. The predicted molar refractivity (Wildman–Crippen MR) is 77.3 cm³/mol. The van der Waals surface area contributed by atoms with Crippen LogP contribution >= 0.6 is 15.9 Å². The Bertz CT molecular complexity index is 768. The predicted octanol–water partition coefficient (Wildman–Crippen LogP) is 2.29. The van der Waals surface area contributed by atoms with Gasteiger partial charge in [-0.05, 0) is 40.2 Å². The van der Waals surface area contributed by atoms with E-state index in [2.05, 4.69) is 20.7 Å². The third-order valence-corrected chi connectivity index (χ3v) is 4.61. The number of carbonyl (C=O) groups is 1. The van der Waals surface area contributed by atoms with Gasteiger partial charge in [0.25, 0.3) is 10.0 Å². The summed E-state index contributed by atoms with van der Waals surface area (Å²) in [7, 11) is -2.04. The van der Waals surface area contributed by atoms with Crippen molar-refractivity contribution in [2.24, 2.45) is 7.05 Å². The Morgan fingerprint density at radius 3 is 2.60 bits per heavy atom. The van der Waals surface area contributed by atoms with E-state index in [0.29, 0.717) is 4.47 Å². The molecule has 1 heterocycles. The molecule has 0 aliphatic carbocycles. The molecule has 0 bridgehead atoms. The summed E-state index contributed by atoms with van der Waals surface area (Å²) in [5.74, 6) is -1.13. The van der Waals surface area contributed by atoms with Crippen LogP contribution in [0.15, 0.2) is 46.0 Å². The molecular weight excluding hydrogens is 348 g/mol. The van der Waals surface area contributed by atoms with Crippen molar-refractivity contribution in [3.05, 3.63) is 46.7 Å². The van der Waals surface area contributed by atoms with Gasteiger partial charge in [-0.1, -0.05) is 0 Å². The van der Waals surface area contributed by atoms with Crippen LogP contribution in [-0.2, 0) is 17.1 Å². The number of nitrogens with zero attached hydrogens (tertiary/aromatic N) is 1. The summed E-state index contributed by atoms with van der Waals surface area (Å²) in [5, 5.41) is 8.92. The number of aryl methyl sites for hydroxylation is 1. The third-order valence-electron chi connectivity index (χ3n) is 2.57. The molecule has 0 aliphatic rings. The van der Waals surface area contributed by atoms with Crippen molar-refractivity contribution in [2.75, 3.05) is 4.72 Å². The number of hydrogen-bond donors (Lipinski definition) is 2. The number of carboxylic acid groups (broad SMARTS) is 1. The highest BCUT2D eigenvalue weighted by atomic mass is 79.9. The summed E-state index contributed by atoms with van der Waals surface area (Å²) in [5.41, 5.74) is 0.174. The monoisotopic (exact) mass is 358 g/mol. The molecule has 0 spiro atoms. The van der Waals surface area contributed by atoms with Crippen LogP contribution in [0.3, 0.4) is 0 Å². The smallest absolute Gasteiger partial charge is 0.335 e. The quantitative estimate of drug-likeness (QED) is 0.877. The molecule has 8 heteroatoms. The van der Waals surface area contributed by atoms with E-state index in [0.717, 1.165) is 0 Å². The van der Waals surface area contributed by atoms with E-state index < -0.39 is 16.0 Å². The second-order valence-corrected chi connectivity index (χ2v) is 6.65. The van der Waals surface area contributed by atoms with Gasteiger partial charge in [0.1, 0.15) is 4.90 Å². The standard InChI is InChI=1S/C12H11BrN2O4S/c1-15-5-4-9(7-15)20(18,19)14-11-6-8(12(16)17)2-3-10(11)13/h2-7,14H,1H3,(H,16,17). The molecule has 2 rings (SSSR count). The summed E-state index contributed by atoms with van der Waals surface area (Å²) in [4.78, 5) is 11.0. The van der Waals surface area contributed by atoms with E-state index in [9.17, 15) is 13.2 Å². The molecule has 0 amide bonds. The molecule has 2 N–H and O–H groups in total. The lowest BCUT2D eigenvalue weighted by Crippen LogP contribution is -2.13. The fraction of sp³-hybridized carbons (Fsp3) is 0.0833. The molecule has 2 aromatic rings. The molecule has 0 atom stereocenters. The second-order valence-electron chi connectivity index (χ2n) is 4.12. The van der Waals surface area contributed by atoms with Crippen molar-refractivity contribution >= 4 is 37.6 Å². The maximum Gasteiger partial charge on any atom is 0.335 e. The largest absolute Gasteiger partial charge is 0.478 e. The summed E-state index contributed by atoms with van der Waals surface area (Å²) in [6.07, 6.45) is 3.06. The molecular formula is C12H11BrN2O4S. The van der Waals surface area contributed by atoms with Crippen molar-refractivity contribution in [3.63, 3.8) is 0 Å². The number of aromatic nitrogens is 1. The van der Waals surface area contributed by atoms with E-state index in [-0.39, 0.29) is 16.1 Å². The lowest BCUT2D eigenvalue weighted by atomic mass is 10.2. The zero-order chi connectivity index (χ0) is 14.9. The van der Waals surface area contributed by atoms with Crippen molar-refractivity contribution in [3.8, 4) is 0 Å². The van der Waals surface area contributed by atoms with Gasteiger partial charge in [0.2, 0.25) is 0 Å². The number of aromatic carboxylic acids is 1. The summed E-state index contributed by atoms with van der Waals surface area (Å²) < 4.78 is 28.7. The van der Waals surface area contributed by atoms with E-state index in [4.69, 9.17) is 5.11 Å². The number of carboxylic acids is 1. The number of benzene rings is 1. The van der Waals surface area contributed by atoms with E-state index in [1.54, 1.807) is 17.8 Å². The third kappa shape index (κ3) is 3.02. The minimum atomic E-state index is -3.75. The summed E-state index contributed by atoms with van der Waals surface area (Å²) >= 11 is 3.18. The first-order valence-electron chi connectivity index (χ1n) is 5.47. The fourth-order valence-corrected chi connectivity index (χ4v) is 3.18. The van der Waals surface area contributed by atoms with Gasteiger partial charge >= 0.3 is 5.97 Å². The van der Waals surface area contributed by atoms with Gasteiger partial charge in [0.05, 0.1) is 11.3 Å². The van der Waals surface area contributed by atoms with Gasteiger partial charge in [-0.2, -0.15) is 0 Å². The molecule has 0 fully saturated rings. The van der Waals surface area contributed by atoms with Crippen LogP contribution in [0.2, 0.25) is 0 Å². The van der Waals surface area contributed by atoms with Gasteiger partial charge < -0.3 is 9.67 Å². The number of anilines is 1. The zero-order valence-corrected chi connectivity index (χ0v) is 12.8. The first kappa shape index (κ1) is 14.6. The number of hydrogen-bond acceptors (Lipinski definition) is 3. The molecule has 1 aromatic carbocycles. The van der Waals surface area contributed by atoms with Crippen molar-refractivity contribution < 1.29 is 18.3 Å². The lowest BCUT2D eigenvalue weighted by Gasteiger charge is -2.09. The highest BCUT2D eigenvalue weighted by molar-refractivity contribution is 9.10. The van der Waals surface area contributed by atoms with E-state index >= 15 is 0 Å². The second kappa shape index (κ2) is 5.29. The first-order chi connectivity index (χ1) is 9.29. The summed E-state index contributed by atoms with van der Waals surface area (Å²) in [6.45, 7) is 0. The first-order valence-corrected chi connectivity index (χ1v) is 7.75. The minimum Gasteiger partial charge on any atom is -0.478 e. The van der Waals surface area contributed by atoms with Gasteiger partial charge in [0.15, 0.2) is 0 Å². The molecule has 106 valence electrons. The maximum absolute atomic E-state index is 12.2. The van der Waals surface area contributed by atoms with E-state index in [1.165, 1.54) is 30.5 Å². The Kier molecular flexibility index (Phi) is 3.87. The summed E-state index contributed by atoms with van der Waals surface area (Å²) in [6, 6.07) is 5.57. The van der Waals surface area contributed by atoms with Crippen LogP contribution in [-0.4, -0.2) is 24.1 Å². The maximum atomic E-state index is 12.2. The Balaban J connectivity index is 2.39. The molecule has 6 nitrogen and oxygen atoms in total. The number of halogens is 1. The van der Waals surface area contributed by atoms with Gasteiger partial charge in [0, 0.05) is 23.9 Å². The SMILES string of the molecule is Cn1ccc(S(=O)(=O)Nc2cc(C(=O)O)ccc2Br)c1. The molecule has 1 aromatic heterocycles. The van der Waals surface area contributed by atoms with Crippen molar-refractivity contribution in [1.82, 2.24) is 4.57 Å². The van der Waals surface area contributed by atoms with Gasteiger partial charge in [-0.25, -0.2) is 13.2 Å². The van der Waals surface area contributed by atoms with Crippen LogP contribution in [0, 0.1) is 0 Å². The van der Waals surface area contributed by atoms with Crippen LogP contribution in [0.5, 0.6) is 0 Å². The van der Waals surface area contributed by atoms with Crippen molar-refractivity contribution in [1.29, 1.82) is 0 Å². The minimum absolute atomic E-state index is 0.000961. The molecule has 20 heavy (non-hydrogen) atoms. The van der Waals surface area contributed by atoms with Gasteiger partial charge in [-0.3, -0.25) is 4.72 Å². The number of sulfonamides is 1. The molecule has 0 radical (unpaired) electrons. The van der Waals surface area contributed by atoms with Crippen molar-refractivity contribution in [2.45, 2.75) is 4.90 Å². The number of rotatable bonds is 4. The fourth-order valence-electron chi connectivity index (χ4n) is 1.58. The topological polar surface area (TPSA) is 88.4 Å². The lowest BCUT2D eigenvalue weighted by molar-refractivity contribution is 0.0697. The molecule has 0 aliphatic heterocycles. The molecule has 0 saturated carbocycles. The average Bonchev–Trinajstić information content (AvgIpc) is 2.79. The van der Waals surface area contributed by atoms with Crippen LogP contribution in [0.25, 0.3) is 0 Å². The van der Waals surface area contributed by atoms with E-state index in [1.807, 2.05) is 0 Å². The van der Waals surface area contributed by atoms with Crippen LogP contribution < -0.4 is 4.72 Å². The Hall–Kier alpha value is -1.80. The van der Waals surface area contributed by atoms with Gasteiger partial charge in [-0.15, -0.1) is 0 Å². The van der Waals surface area contributed by atoms with Crippen LogP contribution in [0.4, 0.5) is 5.69 Å². The Morgan fingerprint density at radius 2 is 2.05 bits per heavy atom. The molecule has 0 unspecified atom stereocenters. The zero-order valence-electron chi connectivity index (χ0n) is 10.4. The highest BCUT2D eigenvalue weighted by Crippen LogP contribution is 2.26. The molecule has 0 saturated heterocycles.